The first kappa shape index (κ1) is 30.8. The molecule has 0 heterocycles. The molecule has 0 bridgehead atoms. The van der Waals surface area contributed by atoms with E-state index in [4.69, 9.17) is 4.74 Å². The third-order valence-corrected chi connectivity index (χ3v) is 13.2. The van der Waals surface area contributed by atoms with Crippen LogP contribution in [0.4, 0.5) is 0 Å². The van der Waals surface area contributed by atoms with Crippen molar-refractivity contribution in [2.75, 3.05) is 7.05 Å². The number of ether oxygens (including phenoxy) is 1. The molecular weight excluding hydrogens is 516 g/mol. The Balaban J connectivity index is 1.41. The minimum atomic E-state index is -3.78. The number of hydrogen-bond acceptors (Lipinski definition) is 6. The lowest BCUT2D eigenvalue weighted by molar-refractivity contribution is -0.183. The number of aliphatic hydroxyl groups excluding tert-OH is 1. The van der Waals surface area contributed by atoms with Gasteiger partial charge in [-0.2, -0.15) is 8.42 Å². The largest absolute Gasteiger partial charge is 0.462 e. The standard InChI is InChI=1S/C30H52N2O6S/c1-7-18(2)28(35)38-21-14-15-29(4)20(16-21)9-10-22-24-12-11-23(30(24,5)26(33)17-25(22)29)19(3)8-13-27(34)32-39(36,37)31-6/h18-26,31,33H,7-17H2,1-6H3,(H,32,34)/t18?,19?,20?,21?,22?,23?,24?,25?,26?,29-,30+/m0/s1. The van der Waals surface area contributed by atoms with Crippen LogP contribution in [-0.2, 0) is 24.5 Å². The van der Waals surface area contributed by atoms with E-state index < -0.39 is 16.1 Å². The molecular formula is C30H52N2O6S. The highest BCUT2D eigenvalue weighted by atomic mass is 32.2. The van der Waals surface area contributed by atoms with Gasteiger partial charge < -0.3 is 9.84 Å². The Bertz CT molecular complexity index is 1020. The van der Waals surface area contributed by atoms with Gasteiger partial charge in [0.2, 0.25) is 5.91 Å². The van der Waals surface area contributed by atoms with Crippen molar-refractivity contribution in [3.8, 4) is 0 Å². The van der Waals surface area contributed by atoms with E-state index in [-0.39, 0.29) is 47.3 Å². The van der Waals surface area contributed by atoms with Crippen molar-refractivity contribution >= 4 is 22.1 Å². The van der Waals surface area contributed by atoms with E-state index >= 15 is 0 Å². The molecule has 4 rings (SSSR count). The van der Waals surface area contributed by atoms with Gasteiger partial charge in [-0.1, -0.05) is 34.6 Å². The fraction of sp³-hybridized carbons (Fsp3) is 0.933. The normalized spacial score (nSPS) is 41.5. The number of esters is 1. The summed E-state index contributed by atoms with van der Waals surface area (Å²) in [6, 6.07) is 0. The monoisotopic (exact) mass is 568 g/mol. The predicted octanol–water partition coefficient (Wildman–Crippen LogP) is 4.57. The molecule has 1 amide bonds. The SMILES string of the molecule is CCC(C)C(=O)OC1CC[C@@]2(C)C(CCC3C2CC(O)[C@]2(C)C(C(C)CCC(=O)NS(=O)(=O)NC)CCC32)C1. The second-order valence-corrected chi connectivity index (χ2v) is 15.5. The van der Waals surface area contributed by atoms with Crippen LogP contribution in [0.1, 0.15) is 105 Å². The van der Waals surface area contributed by atoms with Crippen LogP contribution < -0.4 is 9.44 Å². The number of rotatable bonds is 9. The molecule has 4 aliphatic rings. The molecule has 9 unspecified atom stereocenters. The molecule has 4 fully saturated rings. The maximum atomic E-state index is 12.5. The van der Waals surface area contributed by atoms with Gasteiger partial charge in [0.1, 0.15) is 6.10 Å². The smallest absolute Gasteiger partial charge is 0.308 e. The number of nitrogens with one attached hydrogen (secondary N) is 2. The van der Waals surface area contributed by atoms with E-state index in [1.165, 1.54) is 13.5 Å². The van der Waals surface area contributed by atoms with Crippen LogP contribution in [0.15, 0.2) is 0 Å². The highest BCUT2D eigenvalue weighted by Gasteiger charge is 2.63. The zero-order chi connectivity index (χ0) is 28.8. The molecule has 224 valence electrons. The maximum absolute atomic E-state index is 12.5. The quantitative estimate of drug-likeness (QED) is 0.350. The second-order valence-electron chi connectivity index (χ2n) is 13.8. The number of carbonyl (C=O) groups excluding carboxylic acids is 2. The van der Waals surface area contributed by atoms with Crippen molar-refractivity contribution in [3.63, 3.8) is 0 Å². The summed E-state index contributed by atoms with van der Waals surface area (Å²) < 4.78 is 33.4. The molecule has 39 heavy (non-hydrogen) atoms. The summed E-state index contributed by atoms with van der Waals surface area (Å²) in [7, 11) is -2.51. The molecule has 0 aromatic carbocycles. The van der Waals surface area contributed by atoms with Crippen molar-refractivity contribution < 1.29 is 27.9 Å². The lowest BCUT2D eigenvalue weighted by atomic mass is 9.43. The Morgan fingerprint density at radius 3 is 2.44 bits per heavy atom. The van der Waals surface area contributed by atoms with Gasteiger partial charge in [0, 0.05) is 13.5 Å². The van der Waals surface area contributed by atoms with E-state index in [0.29, 0.717) is 36.0 Å². The van der Waals surface area contributed by atoms with Gasteiger partial charge in [0.15, 0.2) is 0 Å². The van der Waals surface area contributed by atoms with Crippen LogP contribution in [-0.4, -0.2) is 44.7 Å². The molecule has 4 aliphatic carbocycles. The first-order valence-electron chi connectivity index (χ1n) is 15.4. The first-order valence-corrected chi connectivity index (χ1v) is 16.9. The van der Waals surface area contributed by atoms with Gasteiger partial charge in [0.05, 0.1) is 12.0 Å². The minimum Gasteiger partial charge on any atom is -0.462 e. The number of fused-ring (bicyclic) bond motifs is 5. The van der Waals surface area contributed by atoms with Gasteiger partial charge in [-0.15, -0.1) is 0 Å². The molecule has 0 aliphatic heterocycles. The van der Waals surface area contributed by atoms with Gasteiger partial charge >= 0.3 is 16.2 Å². The minimum absolute atomic E-state index is 0.0249. The summed E-state index contributed by atoms with van der Waals surface area (Å²) in [4.78, 5) is 24.7. The summed E-state index contributed by atoms with van der Waals surface area (Å²) in [5, 5.41) is 11.8. The number of hydrogen-bond donors (Lipinski definition) is 3. The van der Waals surface area contributed by atoms with Crippen molar-refractivity contribution in [1.82, 2.24) is 9.44 Å². The van der Waals surface area contributed by atoms with Crippen molar-refractivity contribution in [2.24, 2.45) is 52.3 Å². The Labute approximate surface area is 236 Å². The fourth-order valence-electron chi connectivity index (χ4n) is 9.51. The van der Waals surface area contributed by atoms with Gasteiger partial charge in [-0.3, -0.25) is 9.59 Å². The topological polar surface area (TPSA) is 122 Å². The van der Waals surface area contributed by atoms with E-state index in [0.717, 1.165) is 51.4 Å². The Morgan fingerprint density at radius 2 is 1.77 bits per heavy atom. The lowest BCUT2D eigenvalue weighted by Gasteiger charge is -2.62. The average molecular weight is 569 g/mol. The fourth-order valence-corrected chi connectivity index (χ4v) is 10.0. The van der Waals surface area contributed by atoms with E-state index in [1.807, 2.05) is 13.8 Å². The molecule has 0 saturated heterocycles. The highest BCUT2D eigenvalue weighted by Crippen LogP contribution is 2.68. The molecule has 8 nitrogen and oxygen atoms in total. The third-order valence-electron chi connectivity index (χ3n) is 12.1. The molecule has 0 spiro atoms. The molecule has 3 N–H and O–H groups in total. The molecule has 11 atom stereocenters. The zero-order valence-corrected chi connectivity index (χ0v) is 25.7. The van der Waals surface area contributed by atoms with Gasteiger partial charge in [0.25, 0.3) is 0 Å². The Morgan fingerprint density at radius 1 is 1.05 bits per heavy atom. The van der Waals surface area contributed by atoms with E-state index in [9.17, 15) is 23.1 Å². The maximum Gasteiger partial charge on any atom is 0.308 e. The van der Waals surface area contributed by atoms with Crippen molar-refractivity contribution in [1.29, 1.82) is 0 Å². The number of aliphatic hydroxyl groups is 1. The van der Waals surface area contributed by atoms with Crippen molar-refractivity contribution in [2.45, 2.75) is 117 Å². The molecule has 4 saturated carbocycles. The molecule has 9 heteroatoms. The number of carbonyl (C=O) groups is 2. The Kier molecular flexibility index (Phi) is 9.14. The zero-order valence-electron chi connectivity index (χ0n) is 24.9. The second kappa shape index (κ2) is 11.6. The molecule has 0 aromatic rings. The highest BCUT2D eigenvalue weighted by molar-refractivity contribution is 7.88. The first-order chi connectivity index (χ1) is 18.3. The van der Waals surface area contributed by atoms with E-state index in [1.54, 1.807) is 0 Å². The summed E-state index contributed by atoms with van der Waals surface area (Å²) in [5.41, 5.74) is -0.00850. The number of amides is 1. The Hall–Kier alpha value is -1.19. The van der Waals surface area contributed by atoms with E-state index in [2.05, 4.69) is 30.2 Å². The molecule has 0 aromatic heterocycles. The predicted molar refractivity (Wildman–Crippen MR) is 150 cm³/mol. The van der Waals surface area contributed by atoms with Crippen molar-refractivity contribution in [3.05, 3.63) is 0 Å². The summed E-state index contributed by atoms with van der Waals surface area (Å²) in [6.07, 6.45) is 9.46. The summed E-state index contributed by atoms with van der Waals surface area (Å²) in [5.74, 6) is 2.02. The van der Waals surface area contributed by atoms with Gasteiger partial charge in [-0.25, -0.2) is 9.44 Å². The molecule has 0 radical (unpaired) electrons. The summed E-state index contributed by atoms with van der Waals surface area (Å²) >= 11 is 0. The average Bonchev–Trinajstić information content (AvgIpc) is 3.26. The van der Waals surface area contributed by atoms with Crippen LogP contribution in [0.3, 0.4) is 0 Å². The van der Waals surface area contributed by atoms with Crippen LogP contribution in [0.5, 0.6) is 0 Å². The van der Waals surface area contributed by atoms with Crippen LogP contribution in [0, 0.1) is 52.3 Å². The van der Waals surface area contributed by atoms with Crippen LogP contribution in [0.2, 0.25) is 0 Å². The van der Waals surface area contributed by atoms with Crippen LogP contribution in [0.25, 0.3) is 0 Å². The van der Waals surface area contributed by atoms with Gasteiger partial charge in [-0.05, 0) is 111 Å². The summed E-state index contributed by atoms with van der Waals surface area (Å²) in [6.45, 7) is 10.9. The van der Waals surface area contributed by atoms with Crippen LogP contribution >= 0.6 is 0 Å². The third kappa shape index (κ3) is 5.78. The lowest BCUT2D eigenvalue weighted by Crippen LogP contribution is -2.59.